The Bertz CT molecular complexity index is 178. The molecule has 2 rings (SSSR count). The summed E-state index contributed by atoms with van der Waals surface area (Å²) in [6.07, 6.45) is 11.8. The van der Waals surface area contributed by atoms with E-state index >= 15 is 0 Å². The maximum absolute atomic E-state index is 3.91. The van der Waals surface area contributed by atoms with E-state index in [-0.39, 0.29) is 0 Å². The van der Waals surface area contributed by atoms with E-state index in [9.17, 15) is 0 Å². The first-order chi connectivity index (χ1) is 6.77. The Morgan fingerprint density at radius 1 is 0.929 bits per heavy atom. The summed E-state index contributed by atoms with van der Waals surface area (Å²) in [6.45, 7) is 2.44. The molecule has 0 spiro atoms. The van der Waals surface area contributed by atoms with Gasteiger partial charge >= 0.3 is 0 Å². The summed E-state index contributed by atoms with van der Waals surface area (Å²) in [5, 5.41) is 0. The molecule has 0 bridgehead atoms. The van der Waals surface area contributed by atoms with Gasteiger partial charge in [0.15, 0.2) is 0 Å². The Kier molecular flexibility index (Phi) is 3.93. The highest BCUT2D eigenvalue weighted by Gasteiger charge is 2.32. The summed E-state index contributed by atoms with van der Waals surface area (Å²) in [5.74, 6) is 3.05. The Morgan fingerprint density at radius 2 is 1.71 bits per heavy atom. The molecule has 0 nitrogen and oxygen atoms in total. The van der Waals surface area contributed by atoms with Crippen LogP contribution >= 0.6 is 15.9 Å². The molecule has 0 heterocycles. The van der Waals surface area contributed by atoms with E-state index in [4.69, 9.17) is 0 Å². The zero-order chi connectivity index (χ0) is 9.97. The fourth-order valence-corrected chi connectivity index (χ4v) is 4.53. The van der Waals surface area contributed by atoms with Crippen LogP contribution in [0.5, 0.6) is 0 Å². The van der Waals surface area contributed by atoms with Crippen molar-refractivity contribution in [3.05, 3.63) is 0 Å². The van der Waals surface area contributed by atoms with Gasteiger partial charge in [0.2, 0.25) is 0 Å². The number of halogens is 1. The third-order valence-corrected chi connectivity index (χ3v) is 5.45. The minimum Gasteiger partial charge on any atom is -0.0888 e. The second-order valence-corrected chi connectivity index (χ2v) is 6.67. The van der Waals surface area contributed by atoms with Gasteiger partial charge in [-0.05, 0) is 37.0 Å². The Hall–Kier alpha value is 0.480. The highest BCUT2D eigenvalue weighted by molar-refractivity contribution is 9.09. The van der Waals surface area contributed by atoms with Gasteiger partial charge in [-0.15, -0.1) is 0 Å². The molecule has 0 aliphatic heterocycles. The van der Waals surface area contributed by atoms with Gasteiger partial charge in [0, 0.05) is 4.83 Å². The van der Waals surface area contributed by atoms with Crippen molar-refractivity contribution in [2.45, 2.75) is 63.1 Å². The molecule has 1 heteroatoms. The van der Waals surface area contributed by atoms with Crippen molar-refractivity contribution in [3.63, 3.8) is 0 Å². The molecule has 4 unspecified atom stereocenters. The van der Waals surface area contributed by atoms with Gasteiger partial charge in [0.05, 0.1) is 0 Å². The molecule has 0 aromatic heterocycles. The van der Waals surface area contributed by atoms with Crippen molar-refractivity contribution < 1.29 is 0 Å². The maximum Gasteiger partial charge on any atom is 0.0176 e. The monoisotopic (exact) mass is 258 g/mol. The van der Waals surface area contributed by atoms with Gasteiger partial charge in [0.25, 0.3) is 0 Å². The van der Waals surface area contributed by atoms with E-state index in [2.05, 4.69) is 22.9 Å². The first-order valence-electron chi connectivity index (χ1n) is 6.41. The van der Waals surface area contributed by atoms with Gasteiger partial charge in [0.1, 0.15) is 0 Å². The van der Waals surface area contributed by atoms with Gasteiger partial charge < -0.3 is 0 Å². The predicted molar refractivity (Wildman–Crippen MR) is 65.8 cm³/mol. The molecule has 0 aromatic carbocycles. The normalized spacial score (nSPS) is 45.0. The zero-order valence-corrected chi connectivity index (χ0v) is 10.9. The van der Waals surface area contributed by atoms with Crippen LogP contribution in [0.3, 0.4) is 0 Å². The molecule has 14 heavy (non-hydrogen) atoms. The van der Waals surface area contributed by atoms with Crippen molar-refractivity contribution in [2.75, 3.05) is 0 Å². The molecule has 2 fully saturated rings. The third kappa shape index (κ3) is 2.53. The Morgan fingerprint density at radius 3 is 2.43 bits per heavy atom. The first kappa shape index (κ1) is 11.0. The van der Waals surface area contributed by atoms with Crippen LogP contribution in [0.25, 0.3) is 0 Å². The lowest BCUT2D eigenvalue weighted by molar-refractivity contribution is 0.173. The van der Waals surface area contributed by atoms with Crippen LogP contribution in [0.1, 0.15) is 58.3 Å². The molecular formula is C13H23Br. The van der Waals surface area contributed by atoms with Crippen molar-refractivity contribution in [2.24, 2.45) is 17.8 Å². The van der Waals surface area contributed by atoms with E-state index in [0.29, 0.717) is 0 Å². The second-order valence-electron chi connectivity index (χ2n) is 5.50. The summed E-state index contributed by atoms with van der Waals surface area (Å²) in [5.41, 5.74) is 0. The summed E-state index contributed by atoms with van der Waals surface area (Å²) in [6, 6.07) is 0. The molecule has 2 saturated carbocycles. The number of hydrogen-bond donors (Lipinski definition) is 0. The lowest BCUT2D eigenvalue weighted by Gasteiger charge is -2.38. The maximum atomic E-state index is 3.91. The average molecular weight is 259 g/mol. The van der Waals surface area contributed by atoms with E-state index in [0.717, 1.165) is 22.6 Å². The van der Waals surface area contributed by atoms with Gasteiger partial charge in [-0.1, -0.05) is 55.0 Å². The van der Waals surface area contributed by atoms with E-state index in [1.165, 1.54) is 51.4 Å². The Balaban J connectivity index is 1.91. The van der Waals surface area contributed by atoms with E-state index in [1.54, 1.807) is 0 Å². The van der Waals surface area contributed by atoms with Crippen LogP contribution in [0.15, 0.2) is 0 Å². The van der Waals surface area contributed by atoms with Crippen LogP contribution in [-0.2, 0) is 0 Å². The molecule has 0 saturated heterocycles. The van der Waals surface area contributed by atoms with Crippen LogP contribution in [-0.4, -0.2) is 4.83 Å². The van der Waals surface area contributed by atoms with Crippen LogP contribution in [0.2, 0.25) is 0 Å². The fourth-order valence-electron chi connectivity index (χ4n) is 3.52. The topological polar surface area (TPSA) is 0 Å². The van der Waals surface area contributed by atoms with Gasteiger partial charge in [-0.25, -0.2) is 0 Å². The standard InChI is InChI=1S/C13H23Br/c1-10-5-4-6-11(9-10)12-7-2-3-8-13(12)14/h10-13H,2-9H2,1H3. The lowest BCUT2D eigenvalue weighted by Crippen LogP contribution is -2.30. The summed E-state index contributed by atoms with van der Waals surface area (Å²) in [4.78, 5) is 0.839. The highest BCUT2D eigenvalue weighted by Crippen LogP contribution is 2.42. The SMILES string of the molecule is CC1CCCC(C2CCCCC2Br)C1. The highest BCUT2D eigenvalue weighted by atomic mass is 79.9. The first-order valence-corrected chi connectivity index (χ1v) is 7.33. The zero-order valence-electron chi connectivity index (χ0n) is 9.34. The smallest absolute Gasteiger partial charge is 0.0176 e. The van der Waals surface area contributed by atoms with Crippen LogP contribution < -0.4 is 0 Å². The molecule has 0 N–H and O–H groups in total. The number of alkyl halides is 1. The predicted octanol–water partition coefficient (Wildman–Crippen LogP) is 4.77. The lowest BCUT2D eigenvalue weighted by atomic mass is 9.71. The average Bonchev–Trinajstić information content (AvgIpc) is 2.18. The van der Waals surface area contributed by atoms with E-state index in [1.807, 2.05) is 0 Å². The molecular weight excluding hydrogens is 236 g/mol. The largest absolute Gasteiger partial charge is 0.0888 e. The van der Waals surface area contributed by atoms with Crippen LogP contribution in [0.4, 0.5) is 0 Å². The molecule has 0 amide bonds. The minimum atomic E-state index is 0.839. The molecule has 2 aliphatic carbocycles. The fraction of sp³-hybridized carbons (Fsp3) is 1.00. The van der Waals surface area contributed by atoms with E-state index < -0.39 is 0 Å². The van der Waals surface area contributed by atoms with Crippen molar-refractivity contribution in [3.8, 4) is 0 Å². The minimum absolute atomic E-state index is 0.839. The second kappa shape index (κ2) is 5.01. The molecule has 4 atom stereocenters. The molecule has 82 valence electrons. The molecule has 0 aromatic rings. The molecule has 0 radical (unpaired) electrons. The third-order valence-electron chi connectivity index (χ3n) is 4.31. The summed E-state index contributed by atoms with van der Waals surface area (Å²) in [7, 11) is 0. The number of rotatable bonds is 1. The quantitative estimate of drug-likeness (QED) is 0.595. The van der Waals surface area contributed by atoms with Gasteiger partial charge in [-0.2, -0.15) is 0 Å². The molecule has 2 aliphatic rings. The van der Waals surface area contributed by atoms with Crippen molar-refractivity contribution in [1.29, 1.82) is 0 Å². The Labute approximate surface area is 97.0 Å². The van der Waals surface area contributed by atoms with Crippen LogP contribution in [0, 0.1) is 17.8 Å². The summed E-state index contributed by atoms with van der Waals surface area (Å²) >= 11 is 3.91. The van der Waals surface area contributed by atoms with Crippen molar-refractivity contribution in [1.82, 2.24) is 0 Å². The summed E-state index contributed by atoms with van der Waals surface area (Å²) < 4.78 is 0. The number of hydrogen-bond acceptors (Lipinski definition) is 0. The van der Waals surface area contributed by atoms with Gasteiger partial charge in [-0.3, -0.25) is 0 Å². The van der Waals surface area contributed by atoms with Crippen molar-refractivity contribution >= 4 is 15.9 Å².